The lowest BCUT2D eigenvalue weighted by Crippen LogP contribution is -2.33. The molecule has 0 fully saturated rings. The number of nitrogens with two attached hydrogens (primary N) is 1. The third kappa shape index (κ3) is 23.7. The van der Waals surface area contributed by atoms with Crippen molar-refractivity contribution in [3.8, 4) is 5.75 Å². The number of anilines is 2. The molecule has 0 saturated carbocycles. The first-order chi connectivity index (χ1) is 28.2. The van der Waals surface area contributed by atoms with E-state index in [-0.39, 0.29) is 27.9 Å². The minimum Gasteiger partial charge on any atom is -0.506 e. The third-order valence-electron chi connectivity index (χ3n) is 11.9. The van der Waals surface area contributed by atoms with E-state index in [0.717, 1.165) is 25.7 Å². The van der Waals surface area contributed by atoms with E-state index in [4.69, 9.17) is 5.73 Å². The normalized spacial score (nSPS) is 11.6. The van der Waals surface area contributed by atoms with Crippen LogP contribution in [-0.2, 0) is 10.0 Å². The smallest absolute Gasteiger partial charge is 0.261 e. The maximum Gasteiger partial charge on any atom is 0.261 e. The first-order valence-corrected chi connectivity index (χ1v) is 25.7. The lowest BCUT2D eigenvalue weighted by atomic mass is 10.0. The van der Waals surface area contributed by atoms with Crippen molar-refractivity contribution in [3.05, 3.63) is 47.5 Å². The Morgan fingerprint density at radius 2 is 0.931 bits per heavy atom. The van der Waals surface area contributed by atoms with Crippen molar-refractivity contribution >= 4 is 27.3 Å². The lowest BCUT2D eigenvalue weighted by Gasteiger charge is -2.23. The fraction of sp³-hybridized carbons (Fsp3) is 0.740. The fourth-order valence-corrected chi connectivity index (χ4v) is 9.19. The van der Waals surface area contributed by atoms with E-state index in [0.29, 0.717) is 24.2 Å². The summed E-state index contributed by atoms with van der Waals surface area (Å²) in [4.78, 5) is 15.9. The lowest BCUT2D eigenvalue weighted by molar-refractivity contribution is 0.0749. The number of nitrogens with zero attached hydrogens (tertiary/aromatic N) is 1. The summed E-state index contributed by atoms with van der Waals surface area (Å²) in [5.41, 5.74) is 7.19. The molecule has 0 aromatic heterocycles. The SMILES string of the molecule is CCCCCCCCCCCCCCCCCCN(CCCCCCCCCCCCCCCCCC)C(=O)c1cccc(S(=O)(=O)Nc2cc(O)c(N)cc2C)c1. The number of phenols is 1. The molecule has 0 atom stereocenters. The molecule has 8 heteroatoms. The van der Waals surface area contributed by atoms with Gasteiger partial charge in [0.1, 0.15) is 5.75 Å². The van der Waals surface area contributed by atoms with Gasteiger partial charge in [0, 0.05) is 24.7 Å². The molecule has 2 aromatic rings. The molecule has 1 amide bonds. The van der Waals surface area contributed by atoms with Gasteiger partial charge in [-0.2, -0.15) is 0 Å². The molecule has 2 rings (SSSR count). The van der Waals surface area contributed by atoms with E-state index >= 15 is 0 Å². The number of aryl methyl sites for hydroxylation is 1. The van der Waals surface area contributed by atoms with Gasteiger partial charge in [-0.15, -0.1) is 0 Å². The number of carbonyl (C=O) groups is 1. The third-order valence-corrected chi connectivity index (χ3v) is 13.2. The zero-order valence-electron chi connectivity index (χ0n) is 37.6. The molecule has 2 aromatic carbocycles. The molecule has 0 spiro atoms. The number of phenolic OH excluding ortho intramolecular Hbond substituents is 1. The number of nitrogen functional groups attached to an aromatic ring is 1. The number of hydrogen-bond acceptors (Lipinski definition) is 5. The zero-order chi connectivity index (χ0) is 42.1. The van der Waals surface area contributed by atoms with Gasteiger partial charge < -0.3 is 15.7 Å². The average molecular weight is 826 g/mol. The van der Waals surface area contributed by atoms with E-state index in [1.165, 1.54) is 204 Å². The summed E-state index contributed by atoms with van der Waals surface area (Å²) in [6.07, 6.45) is 41.9. The van der Waals surface area contributed by atoms with E-state index in [1.54, 1.807) is 19.1 Å². The molecule has 0 aliphatic carbocycles. The van der Waals surface area contributed by atoms with Crippen LogP contribution in [0.25, 0.3) is 0 Å². The summed E-state index contributed by atoms with van der Waals surface area (Å²) < 4.78 is 29.4. The number of rotatable bonds is 38. The second-order valence-corrected chi connectivity index (χ2v) is 18.9. The van der Waals surface area contributed by atoms with Crippen molar-refractivity contribution in [3.63, 3.8) is 0 Å². The van der Waals surface area contributed by atoms with Gasteiger partial charge in [0.25, 0.3) is 15.9 Å². The Bertz CT molecular complexity index is 1410. The predicted molar refractivity (Wildman–Crippen MR) is 250 cm³/mol. The second-order valence-electron chi connectivity index (χ2n) is 17.3. The Morgan fingerprint density at radius 1 is 0.569 bits per heavy atom. The van der Waals surface area contributed by atoms with Gasteiger partial charge in [0.15, 0.2) is 0 Å². The van der Waals surface area contributed by atoms with Crippen LogP contribution in [0.1, 0.15) is 235 Å². The van der Waals surface area contributed by atoms with Crippen molar-refractivity contribution in [1.29, 1.82) is 0 Å². The molecule has 0 bridgehead atoms. The van der Waals surface area contributed by atoms with E-state index in [9.17, 15) is 18.3 Å². The van der Waals surface area contributed by atoms with E-state index < -0.39 is 10.0 Å². The number of unbranched alkanes of at least 4 members (excludes halogenated alkanes) is 30. The second kappa shape index (κ2) is 33.0. The van der Waals surface area contributed by atoms with Crippen molar-refractivity contribution in [2.75, 3.05) is 23.5 Å². The molecular formula is C50H87N3O4S. The highest BCUT2D eigenvalue weighted by atomic mass is 32.2. The first kappa shape index (κ1) is 51.4. The molecule has 0 unspecified atom stereocenters. The molecular weight excluding hydrogens is 739 g/mol. The Balaban J connectivity index is 1.80. The highest BCUT2D eigenvalue weighted by molar-refractivity contribution is 7.92. The summed E-state index contributed by atoms with van der Waals surface area (Å²) in [7, 11) is -4.01. The maximum atomic E-state index is 14.0. The van der Waals surface area contributed by atoms with Crippen LogP contribution >= 0.6 is 0 Å². The molecule has 4 N–H and O–H groups in total. The van der Waals surface area contributed by atoms with Crippen LogP contribution in [0.15, 0.2) is 41.3 Å². The summed E-state index contributed by atoms with van der Waals surface area (Å²) in [6, 6.07) is 9.18. The fourth-order valence-electron chi connectivity index (χ4n) is 8.03. The van der Waals surface area contributed by atoms with Crippen molar-refractivity contribution < 1.29 is 18.3 Å². The molecule has 0 aliphatic heterocycles. The summed E-state index contributed by atoms with van der Waals surface area (Å²) in [5, 5.41) is 10.1. The number of carbonyl (C=O) groups excluding carboxylic acids is 1. The van der Waals surface area contributed by atoms with Crippen LogP contribution in [0.4, 0.5) is 11.4 Å². The van der Waals surface area contributed by atoms with Crippen molar-refractivity contribution in [2.24, 2.45) is 0 Å². The minimum atomic E-state index is -4.01. The molecule has 0 heterocycles. The Morgan fingerprint density at radius 3 is 1.31 bits per heavy atom. The summed E-state index contributed by atoms with van der Waals surface area (Å²) in [6.45, 7) is 7.66. The van der Waals surface area contributed by atoms with Crippen LogP contribution in [0, 0.1) is 6.92 Å². The average Bonchev–Trinajstić information content (AvgIpc) is 3.21. The van der Waals surface area contributed by atoms with Gasteiger partial charge >= 0.3 is 0 Å². The van der Waals surface area contributed by atoms with Gasteiger partial charge in [0.2, 0.25) is 0 Å². The van der Waals surface area contributed by atoms with Crippen LogP contribution in [0.2, 0.25) is 0 Å². The quantitative estimate of drug-likeness (QED) is 0.0354. The molecule has 0 aliphatic rings. The number of aromatic hydroxyl groups is 1. The van der Waals surface area contributed by atoms with Gasteiger partial charge in [-0.3, -0.25) is 9.52 Å². The minimum absolute atomic E-state index is 0.0128. The van der Waals surface area contributed by atoms with Crippen LogP contribution in [0.3, 0.4) is 0 Å². The number of amides is 1. The number of sulfonamides is 1. The molecule has 7 nitrogen and oxygen atoms in total. The summed E-state index contributed by atoms with van der Waals surface area (Å²) in [5.74, 6) is -0.300. The number of benzene rings is 2. The van der Waals surface area contributed by atoms with E-state index in [1.807, 2.05) is 4.90 Å². The molecule has 0 saturated heterocycles. The van der Waals surface area contributed by atoms with Crippen LogP contribution in [-0.4, -0.2) is 37.4 Å². The first-order valence-electron chi connectivity index (χ1n) is 24.2. The number of nitrogens with one attached hydrogen (secondary N) is 1. The highest BCUT2D eigenvalue weighted by Crippen LogP contribution is 2.30. The van der Waals surface area contributed by atoms with Gasteiger partial charge in [-0.05, 0) is 49.6 Å². The van der Waals surface area contributed by atoms with Gasteiger partial charge in [-0.25, -0.2) is 8.42 Å². The van der Waals surface area contributed by atoms with Crippen LogP contribution in [0.5, 0.6) is 5.75 Å². The van der Waals surface area contributed by atoms with Crippen molar-refractivity contribution in [2.45, 2.75) is 231 Å². The Kier molecular flexibility index (Phi) is 29.3. The summed E-state index contributed by atoms with van der Waals surface area (Å²) >= 11 is 0. The molecule has 0 radical (unpaired) electrons. The van der Waals surface area contributed by atoms with Gasteiger partial charge in [0.05, 0.1) is 16.3 Å². The molecule has 332 valence electrons. The monoisotopic (exact) mass is 826 g/mol. The van der Waals surface area contributed by atoms with Crippen LogP contribution < -0.4 is 10.5 Å². The number of hydrogen-bond donors (Lipinski definition) is 3. The van der Waals surface area contributed by atoms with E-state index in [2.05, 4.69) is 18.6 Å². The largest absolute Gasteiger partial charge is 0.506 e. The predicted octanol–water partition coefficient (Wildman–Crippen LogP) is 15.0. The van der Waals surface area contributed by atoms with Crippen molar-refractivity contribution in [1.82, 2.24) is 4.90 Å². The standard InChI is InChI=1S/C50H87N3O4S/c1-4-6-8-10-12-14-16-18-20-22-24-26-28-30-32-34-39-53(40-35-33-31-29-27-25-23-21-19-17-15-13-11-9-7-5-2)50(55)45-37-36-38-46(42-45)58(56,57)52-48-43-49(54)47(51)41-44(48)3/h36-38,41-43,52,54H,4-35,39-40,51H2,1-3H3. The van der Waals surface area contributed by atoms with Gasteiger partial charge in [-0.1, -0.05) is 213 Å². The Labute approximate surface area is 357 Å². The zero-order valence-corrected chi connectivity index (χ0v) is 38.4. The maximum absolute atomic E-state index is 14.0. The molecule has 58 heavy (non-hydrogen) atoms. The Hall–Kier alpha value is -2.74. The highest BCUT2D eigenvalue weighted by Gasteiger charge is 2.21. The topological polar surface area (TPSA) is 113 Å².